The molecule has 3 rings (SSSR count). The molecule has 1 heterocycles. The van der Waals surface area contributed by atoms with E-state index in [4.69, 9.17) is 11.6 Å². The third kappa shape index (κ3) is 2.74. The molecule has 0 atom stereocenters. The molecule has 1 aliphatic rings. The van der Waals surface area contributed by atoms with Crippen LogP contribution in [0.5, 0.6) is 0 Å². The predicted molar refractivity (Wildman–Crippen MR) is 84.6 cm³/mol. The van der Waals surface area contributed by atoms with Crippen LogP contribution in [-0.4, -0.2) is 25.5 Å². The molecule has 2 aromatic carbocycles. The Morgan fingerprint density at radius 2 is 1.68 bits per heavy atom. The molecule has 1 amide bonds. The second-order valence-corrected chi connectivity index (χ2v) is 7.77. The normalized spacial score (nSPS) is 14.0. The van der Waals surface area contributed by atoms with Crippen molar-refractivity contribution in [3.63, 3.8) is 0 Å². The first-order chi connectivity index (χ1) is 10.4. The van der Waals surface area contributed by atoms with Crippen LogP contribution in [0.15, 0.2) is 47.4 Å². The number of amides is 1. The minimum atomic E-state index is -3.38. The van der Waals surface area contributed by atoms with E-state index < -0.39 is 9.84 Å². The van der Waals surface area contributed by atoms with Crippen molar-refractivity contribution in [3.8, 4) is 0 Å². The summed E-state index contributed by atoms with van der Waals surface area (Å²) in [5.41, 5.74) is 2.43. The lowest BCUT2D eigenvalue weighted by Gasteiger charge is -2.16. The summed E-state index contributed by atoms with van der Waals surface area (Å²) < 4.78 is 23.3. The quantitative estimate of drug-likeness (QED) is 0.848. The number of fused-ring (bicyclic) bond motifs is 1. The van der Waals surface area contributed by atoms with Gasteiger partial charge in [-0.2, -0.15) is 0 Å². The molecule has 4 nitrogen and oxygen atoms in total. The van der Waals surface area contributed by atoms with E-state index in [0.717, 1.165) is 17.4 Å². The van der Waals surface area contributed by atoms with Crippen molar-refractivity contribution >= 4 is 27.3 Å². The van der Waals surface area contributed by atoms with Crippen molar-refractivity contribution in [1.82, 2.24) is 4.90 Å². The third-order valence-electron chi connectivity index (χ3n) is 3.72. The molecule has 0 N–H and O–H groups in total. The molecule has 0 aliphatic carbocycles. The molecule has 0 radical (unpaired) electrons. The fourth-order valence-corrected chi connectivity index (χ4v) is 3.39. The van der Waals surface area contributed by atoms with Gasteiger partial charge in [-0.3, -0.25) is 4.79 Å². The summed E-state index contributed by atoms with van der Waals surface area (Å²) in [5, 5.41) is 0.258. The molecule has 2 aromatic rings. The molecule has 0 unspecified atom stereocenters. The van der Waals surface area contributed by atoms with Gasteiger partial charge in [-0.15, -0.1) is 0 Å². The Balaban J connectivity index is 1.94. The summed E-state index contributed by atoms with van der Waals surface area (Å²) in [4.78, 5) is 14.4. The largest absolute Gasteiger partial charge is 0.330 e. The van der Waals surface area contributed by atoms with Crippen LogP contribution in [0.25, 0.3) is 0 Å². The van der Waals surface area contributed by atoms with Crippen LogP contribution >= 0.6 is 11.6 Å². The maximum atomic E-state index is 12.7. The number of carbonyl (C=O) groups excluding carboxylic acids is 1. The van der Waals surface area contributed by atoms with Gasteiger partial charge in [-0.05, 0) is 29.3 Å². The minimum absolute atomic E-state index is 0.0944. The Labute approximate surface area is 134 Å². The number of nitrogens with zero attached hydrogens (tertiary/aromatic N) is 1. The SMILES string of the molecule is CS(=O)(=O)c1ccc(Cl)c(C(=O)N2Cc3ccccc3C2)c1. The summed E-state index contributed by atoms with van der Waals surface area (Å²) in [7, 11) is -3.38. The smallest absolute Gasteiger partial charge is 0.256 e. The molecule has 0 saturated heterocycles. The van der Waals surface area contributed by atoms with Crippen LogP contribution in [0.3, 0.4) is 0 Å². The van der Waals surface area contributed by atoms with Gasteiger partial charge in [0.15, 0.2) is 9.84 Å². The van der Waals surface area contributed by atoms with Gasteiger partial charge in [0, 0.05) is 19.3 Å². The van der Waals surface area contributed by atoms with Crippen LogP contribution < -0.4 is 0 Å². The summed E-state index contributed by atoms with van der Waals surface area (Å²) in [6.45, 7) is 1.02. The van der Waals surface area contributed by atoms with E-state index in [0.29, 0.717) is 13.1 Å². The molecule has 0 bridgehead atoms. The van der Waals surface area contributed by atoms with Gasteiger partial charge in [0.05, 0.1) is 15.5 Å². The number of rotatable bonds is 2. The summed E-state index contributed by atoms with van der Waals surface area (Å²) in [5.74, 6) is -0.258. The highest BCUT2D eigenvalue weighted by Gasteiger charge is 2.26. The van der Waals surface area contributed by atoms with E-state index in [1.54, 1.807) is 4.90 Å². The fourth-order valence-electron chi connectivity index (χ4n) is 2.55. The van der Waals surface area contributed by atoms with Gasteiger partial charge in [0.2, 0.25) is 0 Å². The monoisotopic (exact) mass is 335 g/mol. The molecule has 0 aromatic heterocycles. The lowest BCUT2D eigenvalue weighted by Crippen LogP contribution is -2.25. The van der Waals surface area contributed by atoms with E-state index >= 15 is 0 Å². The van der Waals surface area contributed by atoms with Crippen molar-refractivity contribution in [2.45, 2.75) is 18.0 Å². The maximum Gasteiger partial charge on any atom is 0.256 e. The molecule has 22 heavy (non-hydrogen) atoms. The zero-order valence-electron chi connectivity index (χ0n) is 11.9. The van der Waals surface area contributed by atoms with Crippen molar-refractivity contribution in [1.29, 1.82) is 0 Å². The molecule has 6 heteroatoms. The first kappa shape index (κ1) is 15.1. The van der Waals surface area contributed by atoms with Crippen LogP contribution in [0, 0.1) is 0 Å². The van der Waals surface area contributed by atoms with Crippen molar-refractivity contribution in [2.24, 2.45) is 0 Å². The lowest BCUT2D eigenvalue weighted by atomic mass is 10.1. The highest BCUT2D eigenvalue weighted by molar-refractivity contribution is 7.90. The molecule has 114 valence electrons. The number of carbonyl (C=O) groups is 1. The van der Waals surface area contributed by atoms with Gasteiger partial charge >= 0.3 is 0 Å². The Morgan fingerprint density at radius 3 is 2.23 bits per heavy atom. The van der Waals surface area contributed by atoms with Gasteiger partial charge in [-0.25, -0.2) is 8.42 Å². The van der Waals surface area contributed by atoms with Crippen LogP contribution in [0.2, 0.25) is 5.02 Å². The first-order valence-electron chi connectivity index (χ1n) is 6.72. The Kier molecular flexibility index (Phi) is 3.70. The molecule has 0 saturated carbocycles. The summed E-state index contributed by atoms with van der Waals surface area (Å²) in [6, 6.07) is 12.0. The van der Waals surface area contributed by atoms with Gasteiger partial charge in [0.25, 0.3) is 5.91 Å². The lowest BCUT2D eigenvalue weighted by molar-refractivity contribution is 0.0751. The van der Waals surface area contributed by atoms with Gasteiger partial charge < -0.3 is 4.90 Å². The van der Waals surface area contributed by atoms with Gasteiger partial charge in [0.1, 0.15) is 0 Å². The number of halogens is 1. The number of hydrogen-bond acceptors (Lipinski definition) is 3. The van der Waals surface area contributed by atoms with Crippen molar-refractivity contribution in [3.05, 3.63) is 64.2 Å². The molecule has 0 fully saturated rings. The Morgan fingerprint density at radius 1 is 1.09 bits per heavy atom. The highest BCUT2D eigenvalue weighted by Crippen LogP contribution is 2.27. The van der Waals surface area contributed by atoms with E-state index in [9.17, 15) is 13.2 Å². The number of hydrogen-bond donors (Lipinski definition) is 0. The fraction of sp³-hybridized carbons (Fsp3) is 0.188. The van der Waals surface area contributed by atoms with Crippen molar-refractivity contribution < 1.29 is 13.2 Å². The maximum absolute atomic E-state index is 12.7. The molecular formula is C16H14ClNO3S. The van der Waals surface area contributed by atoms with E-state index in [1.807, 2.05) is 24.3 Å². The first-order valence-corrected chi connectivity index (χ1v) is 8.99. The number of benzene rings is 2. The van der Waals surface area contributed by atoms with Crippen molar-refractivity contribution in [2.75, 3.05) is 6.26 Å². The highest BCUT2D eigenvalue weighted by atomic mass is 35.5. The predicted octanol–water partition coefficient (Wildman–Crippen LogP) is 2.90. The van der Waals surface area contributed by atoms with E-state index in [1.165, 1.54) is 18.2 Å². The van der Waals surface area contributed by atoms with Gasteiger partial charge in [-0.1, -0.05) is 35.9 Å². The standard InChI is InChI=1S/C16H14ClNO3S/c1-22(20,21)13-6-7-15(17)14(8-13)16(19)18-9-11-4-2-3-5-12(11)10-18/h2-8H,9-10H2,1H3. The zero-order valence-corrected chi connectivity index (χ0v) is 13.5. The van der Waals surface area contributed by atoms with E-state index in [2.05, 4.69) is 0 Å². The Hall–Kier alpha value is -1.85. The van der Waals surface area contributed by atoms with Crippen LogP contribution in [0.4, 0.5) is 0 Å². The average Bonchev–Trinajstić information content (AvgIpc) is 2.89. The minimum Gasteiger partial charge on any atom is -0.330 e. The molecule has 1 aliphatic heterocycles. The zero-order chi connectivity index (χ0) is 15.9. The second kappa shape index (κ2) is 5.41. The van der Waals surface area contributed by atoms with Crippen LogP contribution in [0.1, 0.15) is 21.5 Å². The summed E-state index contributed by atoms with van der Waals surface area (Å²) >= 11 is 6.09. The van der Waals surface area contributed by atoms with Crippen LogP contribution in [-0.2, 0) is 22.9 Å². The Bertz CT molecular complexity index is 836. The molecular weight excluding hydrogens is 322 g/mol. The third-order valence-corrected chi connectivity index (χ3v) is 5.16. The average molecular weight is 336 g/mol. The molecule has 0 spiro atoms. The van der Waals surface area contributed by atoms with E-state index in [-0.39, 0.29) is 21.4 Å². The number of sulfone groups is 1. The summed E-state index contributed by atoms with van der Waals surface area (Å²) in [6.07, 6.45) is 1.11. The topological polar surface area (TPSA) is 54.5 Å². The second-order valence-electron chi connectivity index (χ2n) is 5.34.